The number of aryl methyl sites for hydroxylation is 1. The normalized spacial score (nSPS) is 13.4. The Hall–Kier alpha value is -0.0600. The molecule has 0 saturated carbocycles. The first-order valence-electron chi connectivity index (χ1n) is 5.02. The molecule has 0 aliphatic carbocycles. The van der Waals surface area contributed by atoms with E-state index in [0.717, 1.165) is 14.8 Å². The van der Waals surface area contributed by atoms with Crippen LogP contribution in [0.25, 0.3) is 9.40 Å². The van der Waals surface area contributed by atoms with E-state index in [1.54, 1.807) is 34.0 Å². The molecule has 3 heterocycles. The minimum absolute atomic E-state index is 0.0733. The molecule has 0 aliphatic heterocycles. The number of hydrogen-bond donors (Lipinski definition) is 0. The Balaban J connectivity index is 2.01. The molecule has 3 rings (SSSR count). The zero-order valence-electron chi connectivity index (χ0n) is 8.87. The van der Waals surface area contributed by atoms with Gasteiger partial charge in [-0.25, -0.2) is 0 Å². The van der Waals surface area contributed by atoms with E-state index in [1.165, 1.54) is 14.3 Å². The van der Waals surface area contributed by atoms with Crippen LogP contribution in [0.3, 0.4) is 0 Å². The van der Waals surface area contributed by atoms with Crippen LogP contribution in [0, 0.1) is 6.92 Å². The maximum atomic E-state index is 6.51. The summed E-state index contributed by atoms with van der Waals surface area (Å²) in [4.78, 5) is 2.33. The maximum absolute atomic E-state index is 6.51. The van der Waals surface area contributed by atoms with Gasteiger partial charge in [-0.05, 0) is 36.1 Å². The summed E-state index contributed by atoms with van der Waals surface area (Å²) in [6.45, 7) is 2.01. The van der Waals surface area contributed by atoms with Crippen LogP contribution >= 0.6 is 57.2 Å². The smallest absolute Gasteiger partial charge is 0.102 e. The van der Waals surface area contributed by atoms with E-state index in [4.69, 9.17) is 23.2 Å². The van der Waals surface area contributed by atoms with E-state index in [-0.39, 0.29) is 5.38 Å². The van der Waals surface area contributed by atoms with Crippen LogP contribution in [0.1, 0.15) is 20.7 Å². The van der Waals surface area contributed by atoms with E-state index in [0.29, 0.717) is 0 Å². The van der Waals surface area contributed by atoms with Crippen LogP contribution in [0.15, 0.2) is 23.6 Å². The fraction of sp³-hybridized carbons (Fsp3) is 0.167. The highest BCUT2D eigenvalue weighted by Gasteiger charge is 2.17. The molecule has 88 valence electrons. The monoisotopic (exact) mass is 318 g/mol. The quantitative estimate of drug-likeness (QED) is 0.485. The molecule has 0 fully saturated rings. The molecule has 0 saturated heterocycles. The second-order valence-corrected chi connectivity index (χ2v) is 7.95. The summed E-state index contributed by atoms with van der Waals surface area (Å²) in [5.74, 6) is 0. The summed E-state index contributed by atoms with van der Waals surface area (Å²) in [5.41, 5.74) is 1.11. The number of rotatable bonds is 2. The number of thiophene rings is 3. The van der Waals surface area contributed by atoms with Crippen molar-refractivity contribution in [1.82, 2.24) is 0 Å². The molecule has 0 bridgehead atoms. The molecule has 3 aromatic heterocycles. The van der Waals surface area contributed by atoms with Gasteiger partial charge in [0.2, 0.25) is 0 Å². The zero-order valence-corrected chi connectivity index (χ0v) is 12.8. The van der Waals surface area contributed by atoms with Crippen LogP contribution in [-0.2, 0) is 0 Å². The SMILES string of the molecule is Cc1cc(C(Cl)c2cc3sccc3s2)sc1Cl. The highest BCUT2D eigenvalue weighted by Crippen LogP contribution is 2.42. The molecular formula is C12H8Cl2S3. The van der Waals surface area contributed by atoms with Crippen molar-refractivity contribution >= 4 is 66.6 Å². The van der Waals surface area contributed by atoms with Crippen LogP contribution in [0.5, 0.6) is 0 Å². The molecule has 0 aromatic carbocycles. The molecule has 0 N–H and O–H groups in total. The van der Waals surface area contributed by atoms with E-state index in [9.17, 15) is 0 Å². The summed E-state index contributed by atoms with van der Waals surface area (Å²) in [6.07, 6.45) is 0. The fourth-order valence-electron chi connectivity index (χ4n) is 1.66. The third kappa shape index (κ3) is 2.15. The number of fused-ring (bicyclic) bond motifs is 1. The lowest BCUT2D eigenvalue weighted by atomic mass is 10.2. The third-order valence-electron chi connectivity index (χ3n) is 2.53. The van der Waals surface area contributed by atoms with Gasteiger partial charge in [-0.2, -0.15) is 0 Å². The average molecular weight is 319 g/mol. The van der Waals surface area contributed by atoms with Gasteiger partial charge in [0.15, 0.2) is 0 Å². The zero-order chi connectivity index (χ0) is 12.0. The van der Waals surface area contributed by atoms with Gasteiger partial charge in [-0.15, -0.1) is 45.6 Å². The molecule has 0 spiro atoms. The summed E-state index contributed by atoms with van der Waals surface area (Å²) < 4.78 is 3.47. The first kappa shape index (κ1) is 12.0. The van der Waals surface area contributed by atoms with Crippen molar-refractivity contribution in [3.8, 4) is 0 Å². The van der Waals surface area contributed by atoms with E-state index >= 15 is 0 Å². The van der Waals surface area contributed by atoms with Gasteiger partial charge in [0, 0.05) is 19.2 Å². The largest absolute Gasteiger partial charge is 0.143 e. The highest BCUT2D eigenvalue weighted by atomic mass is 35.5. The minimum atomic E-state index is -0.0733. The average Bonchev–Trinajstić information content (AvgIpc) is 2.92. The van der Waals surface area contributed by atoms with Crippen molar-refractivity contribution in [2.75, 3.05) is 0 Å². The molecule has 17 heavy (non-hydrogen) atoms. The van der Waals surface area contributed by atoms with Crippen molar-refractivity contribution in [1.29, 1.82) is 0 Å². The Morgan fingerprint density at radius 1 is 1.12 bits per heavy atom. The Bertz CT molecular complexity index is 614. The molecule has 3 aromatic rings. The summed E-state index contributed by atoms with van der Waals surface area (Å²) in [7, 11) is 0. The molecule has 0 aliphatic rings. The lowest BCUT2D eigenvalue weighted by molar-refractivity contribution is 1.24. The van der Waals surface area contributed by atoms with Gasteiger partial charge in [-0.1, -0.05) is 11.6 Å². The molecule has 0 nitrogen and oxygen atoms in total. The number of hydrogen-bond acceptors (Lipinski definition) is 3. The third-order valence-corrected chi connectivity index (χ3v) is 7.04. The lowest BCUT2D eigenvalue weighted by Crippen LogP contribution is -1.84. The molecule has 1 atom stereocenters. The van der Waals surface area contributed by atoms with E-state index < -0.39 is 0 Å². The van der Waals surface area contributed by atoms with Crippen LogP contribution in [0.4, 0.5) is 0 Å². The Morgan fingerprint density at radius 2 is 1.88 bits per heavy atom. The van der Waals surface area contributed by atoms with Gasteiger partial charge < -0.3 is 0 Å². The molecule has 0 radical (unpaired) electrons. The highest BCUT2D eigenvalue weighted by molar-refractivity contribution is 7.27. The Labute approximate surface area is 121 Å². The predicted molar refractivity (Wildman–Crippen MR) is 81.5 cm³/mol. The van der Waals surface area contributed by atoms with Crippen molar-refractivity contribution in [3.05, 3.63) is 43.2 Å². The lowest BCUT2D eigenvalue weighted by Gasteiger charge is -2.02. The minimum Gasteiger partial charge on any atom is -0.143 e. The van der Waals surface area contributed by atoms with Crippen LogP contribution in [-0.4, -0.2) is 0 Å². The molecule has 1 unspecified atom stereocenters. The maximum Gasteiger partial charge on any atom is 0.102 e. The van der Waals surface area contributed by atoms with Gasteiger partial charge >= 0.3 is 0 Å². The number of halogens is 2. The van der Waals surface area contributed by atoms with Crippen molar-refractivity contribution in [2.45, 2.75) is 12.3 Å². The second-order valence-electron chi connectivity index (χ2n) is 3.77. The summed E-state index contributed by atoms with van der Waals surface area (Å²) >= 11 is 17.7. The molecular weight excluding hydrogens is 311 g/mol. The standard InChI is InChI=1S/C12H8Cl2S3/c1-6-4-9(17-12(6)14)11(13)10-5-8-7(16-10)2-3-15-8/h2-5,11H,1H3. The Morgan fingerprint density at radius 3 is 2.53 bits per heavy atom. The van der Waals surface area contributed by atoms with Gasteiger partial charge in [0.25, 0.3) is 0 Å². The first-order chi connectivity index (χ1) is 8.15. The van der Waals surface area contributed by atoms with Gasteiger partial charge in [0.05, 0.1) is 4.34 Å². The van der Waals surface area contributed by atoms with E-state index in [2.05, 4.69) is 23.6 Å². The fourth-order valence-corrected chi connectivity index (χ4v) is 5.46. The summed E-state index contributed by atoms with van der Waals surface area (Å²) in [6, 6.07) is 6.41. The first-order valence-corrected chi connectivity index (χ1v) is 8.34. The van der Waals surface area contributed by atoms with Gasteiger partial charge in [-0.3, -0.25) is 0 Å². The molecule has 5 heteroatoms. The summed E-state index contributed by atoms with van der Waals surface area (Å²) in [5, 5.41) is 2.04. The number of alkyl halides is 1. The molecule has 0 amide bonds. The van der Waals surface area contributed by atoms with E-state index in [1.807, 2.05) is 6.92 Å². The predicted octanol–water partition coefficient (Wildman–Crippen LogP) is 6.31. The van der Waals surface area contributed by atoms with Crippen LogP contribution < -0.4 is 0 Å². The topological polar surface area (TPSA) is 0 Å². The van der Waals surface area contributed by atoms with Crippen molar-refractivity contribution in [3.63, 3.8) is 0 Å². The van der Waals surface area contributed by atoms with Gasteiger partial charge in [0.1, 0.15) is 5.38 Å². The second kappa shape index (κ2) is 4.56. The Kier molecular flexibility index (Phi) is 3.22. The van der Waals surface area contributed by atoms with Crippen molar-refractivity contribution in [2.24, 2.45) is 0 Å². The van der Waals surface area contributed by atoms with Crippen LogP contribution in [0.2, 0.25) is 4.34 Å². The van der Waals surface area contributed by atoms with Crippen molar-refractivity contribution < 1.29 is 0 Å².